The maximum Gasteiger partial charge on any atom is 0.338 e. The van der Waals surface area contributed by atoms with Crippen molar-refractivity contribution in [2.45, 2.75) is 0 Å². The largest absolute Gasteiger partial charge is 0.478 e. The molecule has 0 bridgehead atoms. The minimum absolute atomic E-state index is 0.278. The first-order chi connectivity index (χ1) is 11.2. The molecule has 0 aliphatic carbocycles. The number of nitrogens with two attached hydrogens (primary N) is 1. The lowest BCUT2D eigenvalue weighted by molar-refractivity contribution is 0.0690. The SMILES string of the molecule is Nc1c2c(cc(=O)n1-c1cc(C(=O)O)c(F)cc1F)C(=O)NC2=O. The van der Waals surface area contributed by atoms with Crippen molar-refractivity contribution in [3.63, 3.8) is 0 Å². The Labute approximate surface area is 131 Å². The van der Waals surface area contributed by atoms with Gasteiger partial charge < -0.3 is 10.8 Å². The molecule has 1 aromatic carbocycles. The van der Waals surface area contributed by atoms with Crippen LogP contribution in [0.3, 0.4) is 0 Å². The van der Waals surface area contributed by atoms with Crippen LogP contribution in [0.5, 0.6) is 0 Å². The van der Waals surface area contributed by atoms with Gasteiger partial charge in [-0.05, 0) is 6.07 Å². The van der Waals surface area contributed by atoms with Crippen LogP contribution in [0.1, 0.15) is 31.1 Å². The molecule has 0 spiro atoms. The molecule has 1 aliphatic heterocycles. The Morgan fingerprint density at radius 1 is 1.08 bits per heavy atom. The van der Waals surface area contributed by atoms with Crippen LogP contribution in [0.4, 0.5) is 14.6 Å². The number of nitrogens with zero attached hydrogens (tertiary/aromatic N) is 1. The van der Waals surface area contributed by atoms with Crippen LogP contribution >= 0.6 is 0 Å². The monoisotopic (exact) mass is 335 g/mol. The van der Waals surface area contributed by atoms with Gasteiger partial charge in [0.05, 0.1) is 22.4 Å². The molecule has 122 valence electrons. The highest BCUT2D eigenvalue weighted by atomic mass is 19.1. The third-order valence-electron chi connectivity index (χ3n) is 3.46. The molecule has 24 heavy (non-hydrogen) atoms. The van der Waals surface area contributed by atoms with Gasteiger partial charge in [-0.3, -0.25) is 24.3 Å². The minimum Gasteiger partial charge on any atom is -0.478 e. The van der Waals surface area contributed by atoms with E-state index in [4.69, 9.17) is 10.8 Å². The van der Waals surface area contributed by atoms with Crippen molar-refractivity contribution in [2.24, 2.45) is 0 Å². The Kier molecular flexibility index (Phi) is 3.18. The predicted octanol–water partition coefficient (Wildman–Crippen LogP) is 0.280. The summed E-state index contributed by atoms with van der Waals surface area (Å²) in [6.07, 6.45) is 0. The van der Waals surface area contributed by atoms with Gasteiger partial charge in [-0.15, -0.1) is 0 Å². The normalized spacial score (nSPS) is 12.9. The summed E-state index contributed by atoms with van der Waals surface area (Å²) in [6, 6.07) is 1.62. The van der Waals surface area contributed by atoms with Crippen molar-refractivity contribution in [1.29, 1.82) is 0 Å². The van der Waals surface area contributed by atoms with Crippen molar-refractivity contribution in [2.75, 3.05) is 5.73 Å². The van der Waals surface area contributed by atoms with E-state index in [9.17, 15) is 28.0 Å². The Balaban J connectivity index is 2.37. The summed E-state index contributed by atoms with van der Waals surface area (Å²) in [6.45, 7) is 0. The quantitative estimate of drug-likeness (QED) is 0.676. The third-order valence-corrected chi connectivity index (χ3v) is 3.46. The molecule has 1 aliphatic rings. The zero-order chi connectivity index (χ0) is 17.8. The lowest BCUT2D eigenvalue weighted by Crippen LogP contribution is -2.25. The van der Waals surface area contributed by atoms with Crippen molar-refractivity contribution >= 4 is 23.6 Å². The molecule has 0 saturated carbocycles. The molecular formula is C14H7F2N3O5. The van der Waals surface area contributed by atoms with Gasteiger partial charge in [0.15, 0.2) is 0 Å². The molecule has 0 unspecified atom stereocenters. The van der Waals surface area contributed by atoms with E-state index in [1.165, 1.54) is 0 Å². The first kappa shape index (κ1) is 15.3. The number of carbonyl (C=O) groups excluding carboxylic acids is 2. The molecule has 10 heteroatoms. The van der Waals surface area contributed by atoms with E-state index in [1.54, 1.807) is 0 Å². The molecule has 3 rings (SSSR count). The maximum atomic E-state index is 14.0. The Hall–Kier alpha value is -3.56. The number of rotatable bonds is 2. The highest BCUT2D eigenvalue weighted by Gasteiger charge is 2.32. The number of anilines is 1. The lowest BCUT2D eigenvalue weighted by atomic mass is 10.1. The first-order valence-electron chi connectivity index (χ1n) is 6.36. The number of halogens is 2. The smallest absolute Gasteiger partial charge is 0.338 e. The number of hydrogen-bond acceptors (Lipinski definition) is 5. The Morgan fingerprint density at radius 3 is 2.38 bits per heavy atom. The molecule has 0 saturated heterocycles. The van der Waals surface area contributed by atoms with Crippen LogP contribution in [0.15, 0.2) is 23.0 Å². The lowest BCUT2D eigenvalue weighted by Gasteiger charge is -2.13. The van der Waals surface area contributed by atoms with Gasteiger partial charge in [0.2, 0.25) is 0 Å². The fourth-order valence-electron chi connectivity index (χ4n) is 2.40. The Bertz CT molecular complexity index is 1010. The van der Waals surface area contributed by atoms with Crippen molar-refractivity contribution in [1.82, 2.24) is 9.88 Å². The number of aromatic nitrogens is 1. The second kappa shape index (κ2) is 4.98. The number of nitrogens with one attached hydrogen (secondary N) is 1. The molecule has 0 atom stereocenters. The second-order valence-corrected chi connectivity index (χ2v) is 4.86. The molecular weight excluding hydrogens is 328 g/mol. The van der Waals surface area contributed by atoms with Gasteiger partial charge in [0.25, 0.3) is 17.4 Å². The number of fused-ring (bicyclic) bond motifs is 1. The summed E-state index contributed by atoms with van der Waals surface area (Å²) >= 11 is 0. The van der Waals surface area contributed by atoms with E-state index in [0.29, 0.717) is 10.6 Å². The number of benzene rings is 1. The zero-order valence-corrected chi connectivity index (χ0v) is 11.6. The van der Waals surface area contributed by atoms with Gasteiger partial charge in [-0.1, -0.05) is 0 Å². The van der Waals surface area contributed by atoms with Gasteiger partial charge in [-0.25, -0.2) is 13.6 Å². The maximum absolute atomic E-state index is 14.0. The second-order valence-electron chi connectivity index (χ2n) is 4.86. The first-order valence-corrected chi connectivity index (χ1v) is 6.36. The number of carbonyl (C=O) groups is 3. The number of imide groups is 1. The number of carboxylic acid groups (broad SMARTS) is 1. The number of amides is 2. The fraction of sp³-hybridized carbons (Fsp3) is 0. The van der Waals surface area contributed by atoms with Crippen LogP contribution in [0, 0.1) is 11.6 Å². The van der Waals surface area contributed by atoms with Crippen LogP contribution in [-0.2, 0) is 0 Å². The molecule has 2 amide bonds. The number of carboxylic acids is 1. The van der Waals surface area contributed by atoms with Crippen molar-refractivity contribution < 1.29 is 28.3 Å². The van der Waals surface area contributed by atoms with Crippen LogP contribution in [-0.4, -0.2) is 27.5 Å². The zero-order valence-electron chi connectivity index (χ0n) is 11.6. The molecule has 2 aromatic rings. The summed E-state index contributed by atoms with van der Waals surface area (Å²) < 4.78 is 28.0. The third kappa shape index (κ3) is 2.04. The van der Waals surface area contributed by atoms with Gasteiger partial charge in [-0.2, -0.15) is 0 Å². The van der Waals surface area contributed by atoms with E-state index in [0.717, 1.165) is 6.07 Å². The molecule has 4 N–H and O–H groups in total. The number of aromatic carboxylic acids is 1. The van der Waals surface area contributed by atoms with Gasteiger partial charge >= 0.3 is 5.97 Å². The summed E-state index contributed by atoms with van der Waals surface area (Å²) in [7, 11) is 0. The van der Waals surface area contributed by atoms with Crippen molar-refractivity contribution in [3.05, 3.63) is 56.9 Å². The summed E-state index contributed by atoms with van der Waals surface area (Å²) in [5, 5.41) is 10.8. The number of pyridine rings is 1. The topological polar surface area (TPSA) is 131 Å². The van der Waals surface area contributed by atoms with Gasteiger partial charge in [0.1, 0.15) is 17.5 Å². The van der Waals surface area contributed by atoms with E-state index in [-0.39, 0.29) is 17.2 Å². The Morgan fingerprint density at radius 2 is 1.75 bits per heavy atom. The van der Waals surface area contributed by atoms with E-state index < -0.39 is 52.0 Å². The average molecular weight is 335 g/mol. The van der Waals surface area contributed by atoms with E-state index in [2.05, 4.69) is 0 Å². The van der Waals surface area contributed by atoms with E-state index in [1.807, 2.05) is 5.32 Å². The van der Waals surface area contributed by atoms with Gasteiger partial charge in [0, 0.05) is 12.1 Å². The van der Waals surface area contributed by atoms with Crippen LogP contribution in [0.25, 0.3) is 5.69 Å². The molecule has 2 heterocycles. The summed E-state index contributed by atoms with van der Waals surface area (Å²) in [4.78, 5) is 46.4. The highest BCUT2D eigenvalue weighted by Crippen LogP contribution is 2.25. The van der Waals surface area contributed by atoms with Crippen LogP contribution in [0.2, 0.25) is 0 Å². The average Bonchev–Trinajstić information content (AvgIpc) is 2.75. The summed E-state index contributed by atoms with van der Waals surface area (Å²) in [5.74, 6) is -6.59. The fourth-order valence-corrected chi connectivity index (χ4v) is 2.40. The number of nitrogen functional groups attached to an aromatic ring is 1. The molecule has 1 aromatic heterocycles. The van der Waals surface area contributed by atoms with Crippen molar-refractivity contribution in [3.8, 4) is 5.69 Å². The minimum atomic E-state index is -1.69. The molecule has 0 fully saturated rings. The molecule has 8 nitrogen and oxygen atoms in total. The predicted molar refractivity (Wildman–Crippen MR) is 75.1 cm³/mol. The highest BCUT2D eigenvalue weighted by molar-refractivity contribution is 6.23. The molecule has 0 radical (unpaired) electrons. The number of hydrogen-bond donors (Lipinski definition) is 3. The van der Waals surface area contributed by atoms with Crippen LogP contribution < -0.4 is 16.6 Å². The standard InChI is InChI=1S/C14H7F2N3O5/c15-6-3-7(16)8(1-4(6)14(23)24)19-9(20)2-5-10(11(19)17)13(22)18-12(5)21/h1-3H,17H2,(H,23,24)(H,18,21,22). The van der Waals surface area contributed by atoms with E-state index >= 15 is 0 Å². The summed E-state index contributed by atoms with van der Waals surface area (Å²) in [5.41, 5.74) is 2.53.